The largest absolute Gasteiger partial charge is 0.489 e. The van der Waals surface area contributed by atoms with E-state index < -0.39 is 0 Å². The smallest absolute Gasteiger partial charge is 0.230 e. The Morgan fingerprint density at radius 2 is 1.96 bits per heavy atom. The summed E-state index contributed by atoms with van der Waals surface area (Å²) in [5, 5.41) is 2.90. The topological polar surface area (TPSA) is 51.2 Å². The van der Waals surface area contributed by atoms with Gasteiger partial charge in [-0.15, -0.1) is 0 Å². The van der Waals surface area contributed by atoms with Gasteiger partial charge in [0.2, 0.25) is 5.91 Å². The number of amides is 1. The number of hydrogen-bond donors (Lipinski definition) is 1. The molecule has 1 aromatic carbocycles. The second-order valence-electron chi connectivity index (χ2n) is 6.82. The van der Waals surface area contributed by atoms with Crippen molar-refractivity contribution in [2.45, 2.75) is 45.4 Å². The molecule has 1 aliphatic rings. The predicted molar refractivity (Wildman–Crippen MR) is 99.8 cm³/mol. The van der Waals surface area contributed by atoms with Gasteiger partial charge in [0.1, 0.15) is 0 Å². The zero-order chi connectivity index (χ0) is 17.5. The fourth-order valence-electron chi connectivity index (χ4n) is 3.32. The van der Waals surface area contributed by atoms with E-state index in [4.69, 9.17) is 4.74 Å². The van der Waals surface area contributed by atoms with Gasteiger partial charge in [0, 0.05) is 6.20 Å². The summed E-state index contributed by atoms with van der Waals surface area (Å²) in [6.45, 7) is 2.72. The minimum absolute atomic E-state index is 0.0736. The van der Waals surface area contributed by atoms with Crippen molar-refractivity contribution in [1.82, 2.24) is 4.98 Å². The second kappa shape index (κ2) is 8.65. The first kappa shape index (κ1) is 17.5. The Balaban J connectivity index is 1.60. The number of rotatable bonds is 6. The summed E-state index contributed by atoms with van der Waals surface area (Å²) in [5.74, 6) is 1.71. The molecule has 0 radical (unpaired) electrons. The molecule has 4 nitrogen and oxygen atoms in total. The van der Waals surface area contributed by atoms with Crippen molar-refractivity contribution in [3.63, 3.8) is 0 Å². The second-order valence-corrected chi connectivity index (χ2v) is 6.82. The van der Waals surface area contributed by atoms with Crippen molar-refractivity contribution in [2.24, 2.45) is 5.92 Å². The average Bonchev–Trinajstić information content (AvgIpc) is 2.64. The first-order valence-electron chi connectivity index (χ1n) is 9.14. The zero-order valence-corrected chi connectivity index (χ0v) is 14.8. The van der Waals surface area contributed by atoms with Gasteiger partial charge in [0.05, 0.1) is 13.0 Å². The molecule has 1 aromatic heterocycles. The number of benzene rings is 1. The van der Waals surface area contributed by atoms with E-state index in [0.29, 0.717) is 30.5 Å². The summed E-state index contributed by atoms with van der Waals surface area (Å²) in [6.07, 6.45) is 8.40. The molecule has 25 heavy (non-hydrogen) atoms. The lowest BCUT2D eigenvalue weighted by Gasteiger charge is -2.22. The summed E-state index contributed by atoms with van der Waals surface area (Å²) in [6, 6.07) is 11.6. The van der Waals surface area contributed by atoms with E-state index in [1.165, 1.54) is 32.1 Å². The highest BCUT2D eigenvalue weighted by Gasteiger charge is 2.16. The van der Waals surface area contributed by atoms with Crippen LogP contribution in [0.2, 0.25) is 0 Å². The van der Waals surface area contributed by atoms with Crippen molar-refractivity contribution in [2.75, 3.05) is 11.9 Å². The van der Waals surface area contributed by atoms with Crippen molar-refractivity contribution in [1.29, 1.82) is 0 Å². The number of anilines is 1. The molecule has 1 heterocycles. The van der Waals surface area contributed by atoms with Crippen LogP contribution in [0.25, 0.3) is 0 Å². The predicted octanol–water partition coefficient (Wildman–Crippen LogP) is 4.53. The van der Waals surface area contributed by atoms with Gasteiger partial charge in [-0.25, -0.2) is 4.98 Å². The minimum atomic E-state index is -0.0736. The number of hydrogen-bond acceptors (Lipinski definition) is 3. The molecule has 1 fully saturated rings. The van der Waals surface area contributed by atoms with E-state index in [9.17, 15) is 4.79 Å². The SMILES string of the molecule is Cc1ccccc1CC(=O)Nc1ncccc1OCC1CCCCC1. The van der Waals surface area contributed by atoms with Crippen LogP contribution >= 0.6 is 0 Å². The molecule has 1 N–H and O–H groups in total. The van der Waals surface area contributed by atoms with Gasteiger partial charge < -0.3 is 10.1 Å². The lowest BCUT2D eigenvalue weighted by molar-refractivity contribution is -0.115. The van der Waals surface area contributed by atoms with Crippen LogP contribution in [0, 0.1) is 12.8 Å². The quantitative estimate of drug-likeness (QED) is 0.842. The van der Waals surface area contributed by atoms with E-state index >= 15 is 0 Å². The fraction of sp³-hybridized carbons (Fsp3) is 0.429. The maximum Gasteiger partial charge on any atom is 0.230 e. The van der Waals surface area contributed by atoms with E-state index in [1.54, 1.807) is 6.20 Å². The third-order valence-corrected chi connectivity index (χ3v) is 4.84. The molecular weight excluding hydrogens is 312 g/mol. The molecule has 1 aliphatic carbocycles. The molecule has 0 spiro atoms. The summed E-state index contributed by atoms with van der Waals surface area (Å²) in [5.41, 5.74) is 2.15. The summed E-state index contributed by atoms with van der Waals surface area (Å²) < 4.78 is 5.97. The summed E-state index contributed by atoms with van der Waals surface area (Å²) in [7, 11) is 0. The van der Waals surface area contributed by atoms with Crippen molar-refractivity contribution >= 4 is 11.7 Å². The van der Waals surface area contributed by atoms with E-state index in [-0.39, 0.29) is 5.91 Å². The fourth-order valence-corrected chi connectivity index (χ4v) is 3.32. The number of nitrogens with one attached hydrogen (secondary N) is 1. The monoisotopic (exact) mass is 338 g/mol. The zero-order valence-electron chi connectivity index (χ0n) is 14.8. The highest BCUT2D eigenvalue weighted by Crippen LogP contribution is 2.27. The summed E-state index contributed by atoms with van der Waals surface area (Å²) >= 11 is 0. The van der Waals surface area contributed by atoms with Crippen LogP contribution in [0.5, 0.6) is 5.75 Å². The van der Waals surface area contributed by atoms with Crippen LogP contribution < -0.4 is 10.1 Å². The van der Waals surface area contributed by atoms with Crippen LogP contribution in [0.4, 0.5) is 5.82 Å². The van der Waals surface area contributed by atoms with Gasteiger partial charge in [-0.1, -0.05) is 43.5 Å². The first-order chi connectivity index (χ1) is 12.2. The summed E-state index contributed by atoms with van der Waals surface area (Å²) in [4.78, 5) is 16.7. The molecule has 0 aliphatic heterocycles. The van der Waals surface area contributed by atoms with Crippen molar-refractivity contribution < 1.29 is 9.53 Å². The third kappa shape index (κ3) is 5.05. The standard InChI is InChI=1S/C21H26N2O2/c1-16-8-5-6-11-18(16)14-20(24)23-21-19(12-7-13-22-21)25-15-17-9-3-2-4-10-17/h5-8,11-13,17H,2-4,9-10,14-15H2,1H3,(H,22,23,24). The van der Waals surface area contributed by atoms with Crippen LogP contribution in [0.1, 0.15) is 43.2 Å². The molecule has 1 saturated carbocycles. The highest BCUT2D eigenvalue weighted by atomic mass is 16.5. The Morgan fingerprint density at radius 1 is 1.16 bits per heavy atom. The minimum Gasteiger partial charge on any atom is -0.489 e. The van der Waals surface area contributed by atoms with E-state index in [2.05, 4.69) is 10.3 Å². The molecule has 2 aromatic rings. The molecule has 0 bridgehead atoms. The number of carbonyl (C=O) groups excluding carboxylic acids is 1. The molecule has 132 valence electrons. The normalized spacial score (nSPS) is 14.9. The number of carbonyl (C=O) groups is 1. The maximum atomic E-state index is 12.4. The molecule has 1 amide bonds. The molecule has 0 atom stereocenters. The Bertz CT molecular complexity index is 709. The van der Waals surface area contributed by atoms with Gasteiger partial charge >= 0.3 is 0 Å². The molecule has 4 heteroatoms. The van der Waals surface area contributed by atoms with Crippen molar-refractivity contribution in [3.8, 4) is 5.75 Å². The average molecular weight is 338 g/mol. The van der Waals surface area contributed by atoms with E-state index in [0.717, 1.165) is 11.1 Å². The Kier molecular flexibility index (Phi) is 6.04. The van der Waals surface area contributed by atoms with Gasteiger partial charge in [-0.3, -0.25) is 4.79 Å². The van der Waals surface area contributed by atoms with Gasteiger partial charge in [-0.05, 0) is 48.9 Å². The number of nitrogens with zero attached hydrogens (tertiary/aromatic N) is 1. The molecule has 0 saturated heterocycles. The Labute approximate surface area is 149 Å². The lowest BCUT2D eigenvalue weighted by atomic mass is 9.90. The maximum absolute atomic E-state index is 12.4. The van der Waals surface area contributed by atoms with Crippen LogP contribution in [0.15, 0.2) is 42.6 Å². The first-order valence-corrected chi connectivity index (χ1v) is 9.14. The van der Waals surface area contributed by atoms with Crippen LogP contribution in [-0.4, -0.2) is 17.5 Å². The highest BCUT2D eigenvalue weighted by molar-refractivity contribution is 5.92. The third-order valence-electron chi connectivity index (χ3n) is 4.84. The number of ether oxygens (including phenoxy) is 1. The van der Waals surface area contributed by atoms with Crippen LogP contribution in [-0.2, 0) is 11.2 Å². The Morgan fingerprint density at radius 3 is 2.76 bits per heavy atom. The molecular formula is C21H26N2O2. The number of aryl methyl sites for hydroxylation is 1. The molecule has 3 rings (SSSR count). The number of aromatic nitrogens is 1. The van der Waals surface area contributed by atoms with Crippen molar-refractivity contribution in [3.05, 3.63) is 53.7 Å². The Hall–Kier alpha value is -2.36. The lowest BCUT2D eigenvalue weighted by Crippen LogP contribution is -2.19. The van der Waals surface area contributed by atoms with Gasteiger partial charge in [-0.2, -0.15) is 0 Å². The van der Waals surface area contributed by atoms with Gasteiger partial charge in [0.25, 0.3) is 0 Å². The van der Waals surface area contributed by atoms with Gasteiger partial charge in [0.15, 0.2) is 11.6 Å². The number of pyridine rings is 1. The molecule has 0 unspecified atom stereocenters. The van der Waals surface area contributed by atoms with Crippen LogP contribution in [0.3, 0.4) is 0 Å². The van der Waals surface area contributed by atoms with E-state index in [1.807, 2.05) is 43.3 Å².